The van der Waals surface area contributed by atoms with Gasteiger partial charge in [-0.2, -0.15) is 0 Å². The molecule has 0 unspecified atom stereocenters. The average Bonchev–Trinajstić information content (AvgIpc) is 2.08. The minimum atomic E-state index is -0.379. The second-order valence-corrected chi connectivity index (χ2v) is 3.00. The Bertz CT molecular complexity index is 240. The maximum absolute atomic E-state index is 11.1. The van der Waals surface area contributed by atoms with Crippen LogP contribution in [0.25, 0.3) is 0 Å². The van der Waals surface area contributed by atoms with Crippen LogP contribution in [0.3, 0.4) is 0 Å². The molecule has 1 rings (SSSR count). The van der Waals surface area contributed by atoms with Crippen LogP contribution in [0, 0.1) is 5.92 Å². The zero-order valence-electron chi connectivity index (χ0n) is 7.29. The van der Waals surface area contributed by atoms with Gasteiger partial charge in [-0.15, -0.1) is 0 Å². The van der Waals surface area contributed by atoms with Crippen LogP contribution in [-0.2, 0) is 14.3 Å². The maximum atomic E-state index is 11.1. The predicted octanol–water partition coefficient (Wildman–Crippen LogP) is 1.08. The smallest absolute Gasteiger partial charge is 0.334 e. The molecule has 1 aliphatic carbocycles. The van der Waals surface area contributed by atoms with E-state index in [1.165, 1.54) is 13.2 Å². The molecule has 0 aromatic heterocycles. The Labute approximate surface area is 71.4 Å². The number of ether oxygens (including phenoxy) is 1. The fraction of sp³-hybridized carbons (Fsp3) is 0.556. The molecule has 1 aliphatic rings. The van der Waals surface area contributed by atoms with E-state index in [1.807, 2.05) is 6.92 Å². The summed E-state index contributed by atoms with van der Waals surface area (Å²) in [4.78, 5) is 22.0. The Kier molecular flexibility index (Phi) is 2.63. The van der Waals surface area contributed by atoms with Gasteiger partial charge in [-0.25, -0.2) is 4.79 Å². The number of hydrogen-bond acceptors (Lipinski definition) is 3. The topological polar surface area (TPSA) is 43.4 Å². The molecule has 1 atom stereocenters. The SMILES string of the molecule is COC(=O)C1=CC(=O)CC[C@@H]1C. The van der Waals surface area contributed by atoms with E-state index in [2.05, 4.69) is 4.74 Å². The van der Waals surface area contributed by atoms with Crippen molar-refractivity contribution in [3.63, 3.8) is 0 Å². The molecule has 3 nitrogen and oxygen atoms in total. The molecular formula is C9H12O3. The van der Waals surface area contributed by atoms with Gasteiger partial charge < -0.3 is 4.74 Å². The highest BCUT2D eigenvalue weighted by Crippen LogP contribution is 2.22. The van der Waals surface area contributed by atoms with Crippen molar-refractivity contribution >= 4 is 11.8 Å². The van der Waals surface area contributed by atoms with Crippen LogP contribution in [0.5, 0.6) is 0 Å². The lowest BCUT2D eigenvalue weighted by Crippen LogP contribution is -2.18. The molecular weight excluding hydrogens is 156 g/mol. The summed E-state index contributed by atoms with van der Waals surface area (Å²) >= 11 is 0. The highest BCUT2D eigenvalue weighted by Gasteiger charge is 2.23. The van der Waals surface area contributed by atoms with E-state index in [1.54, 1.807) is 0 Å². The highest BCUT2D eigenvalue weighted by molar-refractivity contribution is 6.00. The van der Waals surface area contributed by atoms with Gasteiger partial charge in [0.25, 0.3) is 0 Å². The molecule has 0 heterocycles. The first-order chi connectivity index (χ1) is 5.65. The fourth-order valence-electron chi connectivity index (χ4n) is 1.28. The van der Waals surface area contributed by atoms with Crippen molar-refractivity contribution in [2.24, 2.45) is 5.92 Å². The molecule has 0 N–H and O–H groups in total. The van der Waals surface area contributed by atoms with E-state index in [4.69, 9.17) is 0 Å². The summed E-state index contributed by atoms with van der Waals surface area (Å²) in [5, 5.41) is 0. The second-order valence-electron chi connectivity index (χ2n) is 3.00. The Balaban J connectivity index is 2.84. The molecule has 0 saturated carbocycles. The number of esters is 1. The fourth-order valence-corrected chi connectivity index (χ4v) is 1.28. The summed E-state index contributed by atoms with van der Waals surface area (Å²) < 4.78 is 4.55. The number of hydrogen-bond donors (Lipinski definition) is 0. The minimum Gasteiger partial charge on any atom is -0.466 e. The quantitative estimate of drug-likeness (QED) is 0.550. The Hall–Kier alpha value is -1.12. The van der Waals surface area contributed by atoms with Gasteiger partial charge >= 0.3 is 5.97 Å². The largest absolute Gasteiger partial charge is 0.466 e. The lowest BCUT2D eigenvalue weighted by molar-refractivity contribution is -0.137. The third-order valence-electron chi connectivity index (χ3n) is 2.09. The molecule has 12 heavy (non-hydrogen) atoms. The predicted molar refractivity (Wildman–Crippen MR) is 43.5 cm³/mol. The number of carbonyl (C=O) groups excluding carboxylic acids is 2. The van der Waals surface area contributed by atoms with E-state index in [0.29, 0.717) is 12.0 Å². The summed E-state index contributed by atoms with van der Waals surface area (Å²) in [5.74, 6) is -0.209. The molecule has 0 aromatic carbocycles. The van der Waals surface area contributed by atoms with Crippen molar-refractivity contribution in [2.75, 3.05) is 7.11 Å². The Morgan fingerprint density at radius 2 is 2.33 bits per heavy atom. The van der Waals surface area contributed by atoms with E-state index in [0.717, 1.165) is 6.42 Å². The zero-order chi connectivity index (χ0) is 9.14. The van der Waals surface area contributed by atoms with Crippen LogP contribution in [-0.4, -0.2) is 18.9 Å². The molecule has 0 radical (unpaired) electrons. The Morgan fingerprint density at radius 3 is 2.92 bits per heavy atom. The van der Waals surface area contributed by atoms with Crippen molar-refractivity contribution < 1.29 is 14.3 Å². The number of allylic oxidation sites excluding steroid dienone is 1. The number of carbonyl (C=O) groups is 2. The van der Waals surface area contributed by atoms with E-state index >= 15 is 0 Å². The lowest BCUT2D eigenvalue weighted by Gasteiger charge is -2.17. The van der Waals surface area contributed by atoms with Crippen molar-refractivity contribution in [2.45, 2.75) is 19.8 Å². The molecule has 0 aromatic rings. The van der Waals surface area contributed by atoms with Gasteiger partial charge in [-0.3, -0.25) is 4.79 Å². The third kappa shape index (κ3) is 1.72. The van der Waals surface area contributed by atoms with Crippen molar-refractivity contribution in [3.8, 4) is 0 Å². The molecule has 0 amide bonds. The number of rotatable bonds is 1. The normalized spacial score (nSPS) is 23.3. The second kappa shape index (κ2) is 3.52. The van der Waals surface area contributed by atoms with Gasteiger partial charge in [0.2, 0.25) is 0 Å². The van der Waals surface area contributed by atoms with Crippen LogP contribution >= 0.6 is 0 Å². The highest BCUT2D eigenvalue weighted by atomic mass is 16.5. The summed E-state index contributed by atoms with van der Waals surface area (Å²) in [6, 6.07) is 0. The van der Waals surface area contributed by atoms with Gasteiger partial charge in [-0.05, 0) is 18.4 Å². The molecule has 0 fully saturated rings. The first kappa shape index (κ1) is 8.97. The summed E-state index contributed by atoms with van der Waals surface area (Å²) in [5.41, 5.74) is 0.508. The first-order valence-corrected chi connectivity index (χ1v) is 3.98. The van der Waals surface area contributed by atoms with Crippen molar-refractivity contribution in [1.29, 1.82) is 0 Å². The average molecular weight is 168 g/mol. The Morgan fingerprint density at radius 1 is 1.67 bits per heavy atom. The first-order valence-electron chi connectivity index (χ1n) is 3.98. The van der Waals surface area contributed by atoms with Crippen LogP contribution in [0.2, 0.25) is 0 Å². The minimum absolute atomic E-state index is 0.0218. The van der Waals surface area contributed by atoms with Crippen LogP contribution in [0.15, 0.2) is 11.6 Å². The third-order valence-corrected chi connectivity index (χ3v) is 2.09. The van der Waals surface area contributed by atoms with E-state index in [-0.39, 0.29) is 17.7 Å². The number of methoxy groups -OCH3 is 1. The van der Waals surface area contributed by atoms with Crippen molar-refractivity contribution in [3.05, 3.63) is 11.6 Å². The van der Waals surface area contributed by atoms with Gasteiger partial charge in [0.1, 0.15) is 0 Å². The van der Waals surface area contributed by atoms with Crippen LogP contribution in [0.1, 0.15) is 19.8 Å². The molecule has 0 aliphatic heterocycles. The summed E-state index contributed by atoms with van der Waals surface area (Å²) in [7, 11) is 1.33. The summed E-state index contributed by atoms with van der Waals surface area (Å²) in [6.07, 6.45) is 2.70. The lowest BCUT2D eigenvalue weighted by atomic mass is 9.89. The molecule has 0 saturated heterocycles. The molecule has 0 bridgehead atoms. The zero-order valence-corrected chi connectivity index (χ0v) is 7.29. The van der Waals surface area contributed by atoms with Gasteiger partial charge in [0.15, 0.2) is 5.78 Å². The standard InChI is InChI=1S/C9H12O3/c1-6-3-4-7(10)5-8(6)9(11)12-2/h5-6H,3-4H2,1-2H3/t6-/m0/s1. The summed E-state index contributed by atoms with van der Waals surface area (Å²) in [6.45, 7) is 1.93. The van der Waals surface area contributed by atoms with Crippen LogP contribution in [0.4, 0.5) is 0 Å². The van der Waals surface area contributed by atoms with Crippen molar-refractivity contribution in [1.82, 2.24) is 0 Å². The number of ketones is 1. The van der Waals surface area contributed by atoms with Gasteiger partial charge in [-0.1, -0.05) is 6.92 Å². The monoisotopic (exact) mass is 168 g/mol. The maximum Gasteiger partial charge on any atom is 0.334 e. The van der Waals surface area contributed by atoms with Gasteiger partial charge in [0, 0.05) is 12.0 Å². The molecule has 3 heteroatoms. The molecule has 0 spiro atoms. The van der Waals surface area contributed by atoms with Gasteiger partial charge in [0.05, 0.1) is 7.11 Å². The van der Waals surface area contributed by atoms with E-state index in [9.17, 15) is 9.59 Å². The molecule has 66 valence electrons. The van der Waals surface area contributed by atoms with Crippen LogP contribution < -0.4 is 0 Å². The van der Waals surface area contributed by atoms with E-state index < -0.39 is 0 Å².